The zero-order valence-electron chi connectivity index (χ0n) is 20.6. The summed E-state index contributed by atoms with van der Waals surface area (Å²) in [6, 6.07) is 9.99. The van der Waals surface area contributed by atoms with E-state index in [2.05, 4.69) is 15.0 Å². The van der Waals surface area contributed by atoms with Crippen LogP contribution in [0.1, 0.15) is 27.2 Å². The number of likely N-dealkylation sites (tertiary alicyclic amines) is 1. The summed E-state index contributed by atoms with van der Waals surface area (Å²) in [6.45, 7) is 7.99. The van der Waals surface area contributed by atoms with Crippen molar-refractivity contribution in [2.75, 3.05) is 44.0 Å². The number of aromatic nitrogens is 3. The minimum atomic E-state index is -0.502. The van der Waals surface area contributed by atoms with Crippen LogP contribution in [0.25, 0.3) is 16.6 Å². The predicted octanol–water partition coefficient (Wildman–Crippen LogP) is 3.23. The van der Waals surface area contributed by atoms with E-state index < -0.39 is 5.60 Å². The number of nitrogen functional groups attached to an aromatic ring is 1. The van der Waals surface area contributed by atoms with Gasteiger partial charge < -0.3 is 29.7 Å². The van der Waals surface area contributed by atoms with Crippen LogP contribution in [0.5, 0.6) is 5.75 Å². The van der Waals surface area contributed by atoms with Gasteiger partial charge in [0.25, 0.3) is 0 Å². The molecule has 1 amide bonds. The minimum absolute atomic E-state index is 0.119. The maximum absolute atomic E-state index is 12.6. The van der Waals surface area contributed by atoms with E-state index in [-0.39, 0.29) is 18.2 Å². The number of carbonyl (C=O) groups excluding carboxylic acids is 1. The molecule has 0 aliphatic carbocycles. The molecule has 2 N–H and O–H groups in total. The van der Waals surface area contributed by atoms with Crippen LogP contribution < -0.4 is 15.4 Å². The Morgan fingerprint density at radius 3 is 2.69 bits per heavy atom. The largest absolute Gasteiger partial charge is 0.491 e. The molecule has 10 heteroatoms. The van der Waals surface area contributed by atoms with Crippen molar-refractivity contribution < 1.29 is 19.0 Å². The fourth-order valence-corrected chi connectivity index (χ4v) is 4.84. The Balaban J connectivity index is 1.37. The molecular weight excluding hydrogens is 448 g/mol. The van der Waals surface area contributed by atoms with Crippen molar-refractivity contribution in [2.24, 2.45) is 0 Å². The summed E-state index contributed by atoms with van der Waals surface area (Å²) in [5.74, 6) is 2.03. The Morgan fingerprint density at radius 2 is 1.97 bits per heavy atom. The molecule has 4 heterocycles. The van der Waals surface area contributed by atoms with Crippen molar-refractivity contribution in [1.82, 2.24) is 19.7 Å². The lowest BCUT2D eigenvalue weighted by atomic mass is 10.2. The predicted molar refractivity (Wildman–Crippen MR) is 133 cm³/mol. The van der Waals surface area contributed by atoms with Crippen LogP contribution in [0, 0.1) is 0 Å². The normalized spacial score (nSPS) is 19.5. The molecule has 35 heavy (non-hydrogen) atoms. The number of nitrogens with zero attached hydrogens (tertiary/aromatic N) is 5. The second-order valence-electron chi connectivity index (χ2n) is 10.0. The Morgan fingerprint density at radius 1 is 1.14 bits per heavy atom. The lowest BCUT2D eigenvalue weighted by Crippen LogP contribution is -2.50. The van der Waals surface area contributed by atoms with Gasteiger partial charge in [0.1, 0.15) is 23.8 Å². The molecular formula is C25H32N6O4. The Labute approximate surface area is 204 Å². The molecule has 2 saturated heterocycles. The van der Waals surface area contributed by atoms with Crippen LogP contribution in [0.2, 0.25) is 0 Å². The number of hydrogen-bond acceptors (Lipinski definition) is 8. The fourth-order valence-electron chi connectivity index (χ4n) is 4.84. The van der Waals surface area contributed by atoms with Crippen LogP contribution >= 0.6 is 0 Å². The van der Waals surface area contributed by atoms with Crippen LogP contribution in [0.15, 0.2) is 36.5 Å². The number of ether oxygens (including phenoxy) is 3. The first-order valence-electron chi connectivity index (χ1n) is 11.9. The summed E-state index contributed by atoms with van der Waals surface area (Å²) in [5.41, 5.74) is 7.43. The first kappa shape index (κ1) is 23.2. The highest BCUT2D eigenvalue weighted by Gasteiger charge is 2.47. The number of benzene rings is 1. The van der Waals surface area contributed by atoms with E-state index in [1.54, 1.807) is 13.3 Å². The number of carbonyl (C=O) groups is 1. The number of nitrogens with two attached hydrogens (primary N) is 1. The zero-order valence-corrected chi connectivity index (χ0v) is 20.6. The molecule has 2 bridgehead atoms. The van der Waals surface area contributed by atoms with Crippen molar-refractivity contribution in [3.63, 3.8) is 0 Å². The van der Waals surface area contributed by atoms with Gasteiger partial charge >= 0.3 is 6.09 Å². The summed E-state index contributed by atoms with van der Waals surface area (Å²) in [6.07, 6.45) is 2.45. The molecule has 2 atom stereocenters. The monoisotopic (exact) mass is 480 g/mol. The molecule has 2 aliphatic rings. The van der Waals surface area contributed by atoms with E-state index in [4.69, 9.17) is 19.9 Å². The summed E-state index contributed by atoms with van der Waals surface area (Å²) < 4.78 is 18.3. The standard InChI is InChI=1S/C25H32N6O4/c1-25(2,3)35-24(32)30-15-17-11-18(30)14-29(17)22-12-16(7-8-27-22)31-21-13-19(34-10-9-33-4)5-6-20(21)23(26)28-31/h5-8,12-13,17-18H,9-11,14-15H2,1-4H3,(H2,26,28)/t17-,18-/m0/s1. The molecule has 3 aromatic rings. The Bertz CT molecular complexity index is 1240. The second-order valence-corrected chi connectivity index (χ2v) is 10.0. The number of hydrogen-bond donors (Lipinski definition) is 1. The van der Waals surface area contributed by atoms with Gasteiger partial charge in [-0.15, -0.1) is 5.10 Å². The van der Waals surface area contributed by atoms with Crippen LogP contribution in [-0.2, 0) is 9.47 Å². The van der Waals surface area contributed by atoms with E-state index in [9.17, 15) is 4.79 Å². The molecule has 2 aliphatic heterocycles. The molecule has 2 fully saturated rings. The van der Waals surface area contributed by atoms with E-state index >= 15 is 0 Å². The minimum Gasteiger partial charge on any atom is -0.491 e. The molecule has 2 aromatic heterocycles. The van der Waals surface area contributed by atoms with Gasteiger partial charge in [-0.1, -0.05) is 0 Å². The van der Waals surface area contributed by atoms with Gasteiger partial charge in [-0.25, -0.2) is 14.5 Å². The number of amides is 1. The topological polar surface area (TPSA) is 108 Å². The van der Waals surface area contributed by atoms with Gasteiger partial charge in [0.05, 0.1) is 29.9 Å². The third-order valence-corrected chi connectivity index (χ3v) is 6.37. The first-order valence-corrected chi connectivity index (χ1v) is 11.9. The van der Waals surface area contributed by atoms with Crippen LogP contribution in [0.3, 0.4) is 0 Å². The highest BCUT2D eigenvalue weighted by Crippen LogP contribution is 2.36. The van der Waals surface area contributed by atoms with Gasteiger partial charge in [0.15, 0.2) is 5.82 Å². The van der Waals surface area contributed by atoms with E-state index in [1.165, 1.54) is 0 Å². The van der Waals surface area contributed by atoms with Crippen molar-refractivity contribution in [2.45, 2.75) is 44.9 Å². The average molecular weight is 481 g/mol. The molecule has 0 unspecified atom stereocenters. The smallest absolute Gasteiger partial charge is 0.410 e. The van der Waals surface area contributed by atoms with Crippen molar-refractivity contribution in [1.29, 1.82) is 0 Å². The molecule has 5 rings (SSSR count). The van der Waals surface area contributed by atoms with Gasteiger partial charge in [-0.3, -0.25) is 0 Å². The number of anilines is 2. The summed E-state index contributed by atoms with van der Waals surface area (Å²) in [5, 5.41) is 5.44. The van der Waals surface area contributed by atoms with E-state index in [0.29, 0.717) is 25.6 Å². The summed E-state index contributed by atoms with van der Waals surface area (Å²) >= 11 is 0. The number of piperazine rings is 1. The lowest BCUT2D eigenvalue weighted by Gasteiger charge is -2.35. The summed E-state index contributed by atoms with van der Waals surface area (Å²) in [4.78, 5) is 21.3. The fraction of sp³-hybridized carbons (Fsp3) is 0.480. The number of fused-ring (bicyclic) bond motifs is 3. The zero-order chi connectivity index (χ0) is 24.7. The van der Waals surface area contributed by atoms with Crippen LogP contribution in [-0.4, -0.2) is 76.9 Å². The lowest BCUT2D eigenvalue weighted by molar-refractivity contribution is 0.0214. The van der Waals surface area contributed by atoms with Crippen molar-refractivity contribution in [3.05, 3.63) is 36.5 Å². The number of rotatable bonds is 6. The van der Waals surface area contributed by atoms with Crippen molar-refractivity contribution in [3.8, 4) is 11.4 Å². The van der Waals surface area contributed by atoms with Gasteiger partial charge in [-0.2, -0.15) is 0 Å². The van der Waals surface area contributed by atoms with Crippen LogP contribution in [0.4, 0.5) is 16.4 Å². The van der Waals surface area contributed by atoms with E-state index in [1.807, 2.05) is 60.7 Å². The molecule has 0 radical (unpaired) electrons. The molecule has 0 saturated carbocycles. The molecule has 0 spiro atoms. The SMILES string of the molecule is COCCOc1ccc2c(N)nn(-c3ccnc(N4C[C@@H]5C[C@H]4CN5C(=O)OC(C)(C)C)c3)c2c1. The summed E-state index contributed by atoms with van der Waals surface area (Å²) in [7, 11) is 1.64. The van der Waals surface area contributed by atoms with E-state index in [0.717, 1.165) is 41.1 Å². The highest BCUT2D eigenvalue weighted by atomic mass is 16.6. The van der Waals surface area contributed by atoms with Crippen molar-refractivity contribution >= 4 is 28.6 Å². The average Bonchev–Trinajstić information content (AvgIpc) is 3.51. The number of methoxy groups -OCH3 is 1. The molecule has 10 nitrogen and oxygen atoms in total. The van der Waals surface area contributed by atoms with Gasteiger partial charge in [0.2, 0.25) is 0 Å². The molecule has 186 valence electrons. The molecule has 1 aromatic carbocycles. The highest BCUT2D eigenvalue weighted by molar-refractivity contribution is 5.91. The van der Waals surface area contributed by atoms with Gasteiger partial charge in [-0.05, 0) is 45.4 Å². The quantitative estimate of drug-likeness (QED) is 0.536. The number of pyridine rings is 1. The van der Waals surface area contributed by atoms with Gasteiger partial charge in [0, 0.05) is 43.9 Å². The first-order chi connectivity index (χ1) is 16.7. The Hall–Kier alpha value is -3.53. The second kappa shape index (κ2) is 8.92. The third kappa shape index (κ3) is 4.58. The third-order valence-electron chi connectivity index (χ3n) is 6.37. The maximum atomic E-state index is 12.6. The maximum Gasteiger partial charge on any atom is 0.410 e. The Kier molecular flexibility index (Phi) is 5.92.